The minimum Gasteiger partial charge on any atom is -0.465 e. The highest BCUT2D eigenvalue weighted by Crippen LogP contribution is 2.25. The first-order valence-corrected chi connectivity index (χ1v) is 7.65. The molecule has 0 aliphatic heterocycles. The summed E-state index contributed by atoms with van der Waals surface area (Å²) in [6.45, 7) is 8.19. The number of hydrogen-bond acceptors (Lipinski definition) is 5. The average Bonchev–Trinajstić information content (AvgIpc) is 2.34. The number of thioether (sulfide) groups is 1. The standard InChI is InChI=1S/C14H22N2O3S/c1-8(2)6-9(3)7-20-12-11(13(17)19-5)10(4)15-14(18)16-12/h8-9H,6-7H2,1-5H3,(H,15,16,18). The van der Waals surface area contributed by atoms with Crippen LogP contribution in [-0.4, -0.2) is 28.8 Å². The summed E-state index contributed by atoms with van der Waals surface area (Å²) in [4.78, 5) is 29.7. The molecule has 0 amide bonds. The zero-order valence-corrected chi connectivity index (χ0v) is 13.5. The molecule has 0 aliphatic carbocycles. The van der Waals surface area contributed by atoms with Crippen LogP contribution in [0.1, 0.15) is 43.2 Å². The van der Waals surface area contributed by atoms with Gasteiger partial charge < -0.3 is 9.72 Å². The van der Waals surface area contributed by atoms with E-state index in [1.165, 1.54) is 18.9 Å². The van der Waals surface area contributed by atoms with Gasteiger partial charge in [0.1, 0.15) is 10.6 Å². The van der Waals surface area contributed by atoms with E-state index in [0.29, 0.717) is 28.1 Å². The van der Waals surface area contributed by atoms with Gasteiger partial charge >= 0.3 is 11.7 Å². The number of aromatic amines is 1. The van der Waals surface area contributed by atoms with E-state index in [-0.39, 0.29) is 0 Å². The normalized spacial score (nSPS) is 12.5. The zero-order chi connectivity index (χ0) is 15.3. The van der Waals surface area contributed by atoms with Crippen molar-refractivity contribution >= 4 is 17.7 Å². The van der Waals surface area contributed by atoms with E-state index >= 15 is 0 Å². The molecule has 0 aromatic carbocycles. The van der Waals surface area contributed by atoms with Crippen molar-refractivity contribution in [3.8, 4) is 0 Å². The quantitative estimate of drug-likeness (QED) is 0.496. The van der Waals surface area contributed by atoms with Gasteiger partial charge in [0, 0.05) is 11.4 Å². The van der Waals surface area contributed by atoms with Gasteiger partial charge in [-0.1, -0.05) is 20.8 Å². The summed E-state index contributed by atoms with van der Waals surface area (Å²) in [5, 5.41) is 0.453. The lowest BCUT2D eigenvalue weighted by atomic mass is 10.0. The predicted molar refractivity (Wildman–Crippen MR) is 80.3 cm³/mol. The summed E-state index contributed by atoms with van der Waals surface area (Å²) in [6, 6.07) is 0. The first-order chi connectivity index (χ1) is 9.35. The third-order valence-electron chi connectivity index (χ3n) is 2.85. The Bertz CT molecular complexity index is 526. The van der Waals surface area contributed by atoms with Gasteiger partial charge in [0.05, 0.1) is 7.11 Å². The molecule has 1 aromatic heterocycles. The van der Waals surface area contributed by atoms with Crippen molar-refractivity contribution in [1.82, 2.24) is 9.97 Å². The second-order valence-corrected chi connectivity index (χ2v) is 6.39. The van der Waals surface area contributed by atoms with E-state index in [1.807, 2.05) is 0 Å². The molecule has 1 N–H and O–H groups in total. The Labute approximate surface area is 123 Å². The number of rotatable bonds is 6. The molecule has 6 heteroatoms. The number of nitrogens with one attached hydrogen (secondary N) is 1. The summed E-state index contributed by atoms with van der Waals surface area (Å²) in [5.41, 5.74) is 0.416. The Morgan fingerprint density at radius 1 is 1.40 bits per heavy atom. The van der Waals surface area contributed by atoms with Crippen molar-refractivity contribution in [3.05, 3.63) is 21.7 Å². The molecule has 0 bridgehead atoms. The van der Waals surface area contributed by atoms with Crippen molar-refractivity contribution in [1.29, 1.82) is 0 Å². The van der Waals surface area contributed by atoms with Crippen molar-refractivity contribution in [2.75, 3.05) is 12.9 Å². The molecular formula is C14H22N2O3S. The lowest BCUT2D eigenvalue weighted by Gasteiger charge is -2.14. The number of carbonyl (C=O) groups excluding carboxylic acids is 1. The molecular weight excluding hydrogens is 276 g/mol. The van der Waals surface area contributed by atoms with E-state index in [0.717, 1.165) is 12.2 Å². The minimum atomic E-state index is -0.467. The predicted octanol–water partition coefficient (Wildman–Crippen LogP) is 2.64. The molecule has 1 unspecified atom stereocenters. The number of ether oxygens (including phenoxy) is 1. The molecule has 1 aromatic rings. The maximum absolute atomic E-state index is 11.8. The molecule has 0 spiro atoms. The van der Waals surface area contributed by atoms with Crippen molar-refractivity contribution < 1.29 is 9.53 Å². The lowest BCUT2D eigenvalue weighted by Crippen LogP contribution is -2.19. The first kappa shape index (κ1) is 16.8. The number of H-pyrrole nitrogens is 1. The van der Waals surface area contributed by atoms with Crippen molar-refractivity contribution in [2.45, 2.75) is 39.1 Å². The first-order valence-electron chi connectivity index (χ1n) is 6.67. The van der Waals surface area contributed by atoms with Crippen LogP contribution in [0.3, 0.4) is 0 Å². The number of carbonyl (C=O) groups is 1. The summed E-state index contributed by atoms with van der Waals surface area (Å²) in [7, 11) is 1.32. The summed E-state index contributed by atoms with van der Waals surface area (Å²) >= 11 is 1.44. The van der Waals surface area contributed by atoms with E-state index in [4.69, 9.17) is 4.74 Å². The van der Waals surface area contributed by atoms with E-state index in [1.54, 1.807) is 6.92 Å². The molecule has 0 aliphatic rings. The molecule has 1 heterocycles. The highest BCUT2D eigenvalue weighted by molar-refractivity contribution is 7.99. The van der Waals surface area contributed by atoms with Crippen LogP contribution in [0, 0.1) is 18.8 Å². The third kappa shape index (κ3) is 4.67. The minimum absolute atomic E-state index is 0.355. The monoisotopic (exact) mass is 298 g/mol. The third-order valence-corrected chi connectivity index (χ3v) is 4.16. The number of hydrogen-bond donors (Lipinski definition) is 1. The number of aromatic nitrogens is 2. The Kier molecular flexibility index (Phi) is 6.26. The van der Waals surface area contributed by atoms with Crippen LogP contribution >= 0.6 is 11.8 Å². The van der Waals surface area contributed by atoms with Gasteiger partial charge in [0.25, 0.3) is 0 Å². The molecule has 0 saturated heterocycles. The number of esters is 1. The van der Waals surface area contributed by atoms with E-state index in [9.17, 15) is 9.59 Å². The Balaban J connectivity index is 2.93. The van der Waals surface area contributed by atoms with E-state index in [2.05, 4.69) is 30.7 Å². The molecule has 5 nitrogen and oxygen atoms in total. The molecule has 1 rings (SSSR count). The number of methoxy groups -OCH3 is 1. The van der Waals surface area contributed by atoms with Crippen LogP contribution in [0.2, 0.25) is 0 Å². The van der Waals surface area contributed by atoms with Gasteiger partial charge in [-0.15, -0.1) is 11.8 Å². The van der Waals surface area contributed by atoms with Crippen LogP contribution < -0.4 is 5.69 Å². The van der Waals surface area contributed by atoms with Gasteiger partial charge in [0.2, 0.25) is 0 Å². The van der Waals surface area contributed by atoms with Gasteiger partial charge in [-0.25, -0.2) is 9.59 Å². The number of aryl methyl sites for hydroxylation is 1. The van der Waals surface area contributed by atoms with Gasteiger partial charge in [-0.3, -0.25) is 0 Å². The van der Waals surface area contributed by atoms with Crippen molar-refractivity contribution in [2.24, 2.45) is 11.8 Å². The average molecular weight is 298 g/mol. The molecule has 112 valence electrons. The molecule has 1 atom stereocenters. The van der Waals surface area contributed by atoms with Crippen LogP contribution in [0.5, 0.6) is 0 Å². The highest BCUT2D eigenvalue weighted by atomic mass is 32.2. The summed E-state index contributed by atoms with van der Waals surface area (Å²) in [6.07, 6.45) is 1.10. The van der Waals surface area contributed by atoms with Crippen LogP contribution in [-0.2, 0) is 4.74 Å². The fraction of sp³-hybridized carbons (Fsp3) is 0.643. The van der Waals surface area contributed by atoms with Gasteiger partial charge in [-0.2, -0.15) is 4.98 Å². The largest absolute Gasteiger partial charge is 0.465 e. The number of nitrogens with zero attached hydrogens (tertiary/aromatic N) is 1. The van der Waals surface area contributed by atoms with E-state index < -0.39 is 11.7 Å². The Morgan fingerprint density at radius 3 is 2.60 bits per heavy atom. The highest BCUT2D eigenvalue weighted by Gasteiger charge is 2.19. The smallest absolute Gasteiger partial charge is 0.346 e. The van der Waals surface area contributed by atoms with Crippen LogP contribution in [0.25, 0.3) is 0 Å². The van der Waals surface area contributed by atoms with Gasteiger partial charge in [0.15, 0.2) is 0 Å². The second kappa shape index (κ2) is 7.47. The Hall–Kier alpha value is -1.30. The van der Waals surface area contributed by atoms with Crippen LogP contribution in [0.4, 0.5) is 0 Å². The maximum atomic E-state index is 11.8. The molecule has 0 radical (unpaired) electrons. The molecule has 0 fully saturated rings. The SMILES string of the molecule is COC(=O)c1c(SCC(C)CC(C)C)nc(=O)[nH]c1C. The van der Waals surface area contributed by atoms with Crippen molar-refractivity contribution in [3.63, 3.8) is 0 Å². The summed E-state index contributed by atoms with van der Waals surface area (Å²) in [5.74, 6) is 1.47. The Morgan fingerprint density at radius 2 is 2.05 bits per heavy atom. The fourth-order valence-corrected chi connectivity index (χ4v) is 3.21. The summed E-state index contributed by atoms with van der Waals surface area (Å²) < 4.78 is 4.75. The second-order valence-electron chi connectivity index (χ2n) is 5.38. The fourth-order valence-electron chi connectivity index (χ4n) is 2.10. The van der Waals surface area contributed by atoms with Gasteiger partial charge in [-0.05, 0) is 25.2 Å². The molecule has 0 saturated carbocycles. The topological polar surface area (TPSA) is 72.0 Å². The maximum Gasteiger partial charge on any atom is 0.346 e. The lowest BCUT2D eigenvalue weighted by molar-refractivity contribution is 0.0594. The molecule has 20 heavy (non-hydrogen) atoms. The zero-order valence-electron chi connectivity index (χ0n) is 12.6. The van der Waals surface area contributed by atoms with Crippen LogP contribution in [0.15, 0.2) is 9.82 Å².